The minimum Gasteiger partial charge on any atom is -0.395 e. The van der Waals surface area contributed by atoms with Gasteiger partial charge in [-0.3, -0.25) is 0 Å². The number of unbranched alkanes of at least 4 members (excludes halogenated alkanes) is 7. The van der Waals surface area contributed by atoms with E-state index in [-0.39, 0.29) is 12.4 Å². The van der Waals surface area contributed by atoms with Crippen LogP contribution < -0.4 is 4.72 Å². The first kappa shape index (κ1) is 22.1. The Balaban J connectivity index is 2.20. The molecular weight excluding hydrogens is 334 g/mol. The third-order valence-corrected chi connectivity index (χ3v) is 5.98. The highest BCUT2D eigenvalue weighted by atomic mass is 32.2. The first-order valence-corrected chi connectivity index (χ1v) is 11.4. The number of aliphatic hydroxyl groups excluding tert-OH is 1. The molecule has 0 fully saturated rings. The van der Waals surface area contributed by atoms with E-state index < -0.39 is 16.1 Å². The third kappa shape index (κ3) is 11.3. The number of sulfonamides is 1. The van der Waals surface area contributed by atoms with E-state index in [1.54, 1.807) is 0 Å². The lowest BCUT2D eigenvalue weighted by Gasteiger charge is -2.16. The molecule has 0 aromatic heterocycles. The molecule has 1 atom stereocenters. The molecule has 2 N–H and O–H groups in total. The van der Waals surface area contributed by atoms with E-state index in [1.807, 2.05) is 30.3 Å². The molecule has 1 aromatic carbocycles. The lowest BCUT2D eigenvalue weighted by molar-refractivity contribution is 0.250. The highest BCUT2D eigenvalue weighted by Gasteiger charge is 2.16. The van der Waals surface area contributed by atoms with Gasteiger partial charge >= 0.3 is 0 Å². The number of hydrogen-bond donors (Lipinski definition) is 2. The Kier molecular flexibility index (Phi) is 11.8. The summed E-state index contributed by atoms with van der Waals surface area (Å²) < 4.78 is 27.0. The van der Waals surface area contributed by atoms with E-state index >= 15 is 0 Å². The zero-order valence-electron chi connectivity index (χ0n) is 15.6. The number of aryl methyl sites for hydroxylation is 1. The molecule has 0 saturated heterocycles. The van der Waals surface area contributed by atoms with Crippen LogP contribution in [0, 0.1) is 0 Å². The van der Waals surface area contributed by atoms with E-state index in [0.29, 0.717) is 12.8 Å². The van der Waals surface area contributed by atoms with Gasteiger partial charge in [0.2, 0.25) is 10.0 Å². The first-order chi connectivity index (χ1) is 12.1. The molecule has 1 unspecified atom stereocenters. The van der Waals surface area contributed by atoms with Gasteiger partial charge in [-0.25, -0.2) is 13.1 Å². The highest BCUT2D eigenvalue weighted by molar-refractivity contribution is 7.89. The van der Waals surface area contributed by atoms with Crippen LogP contribution in [0.4, 0.5) is 0 Å². The van der Waals surface area contributed by atoms with Gasteiger partial charge in [0.25, 0.3) is 0 Å². The second kappa shape index (κ2) is 13.3. The van der Waals surface area contributed by atoms with Gasteiger partial charge < -0.3 is 5.11 Å². The summed E-state index contributed by atoms with van der Waals surface area (Å²) in [4.78, 5) is 0. The number of nitrogens with one attached hydrogen (secondary N) is 1. The van der Waals surface area contributed by atoms with Crippen molar-refractivity contribution in [1.29, 1.82) is 0 Å². The van der Waals surface area contributed by atoms with Gasteiger partial charge in [0, 0.05) is 6.04 Å². The Morgan fingerprint density at radius 2 is 1.56 bits per heavy atom. The van der Waals surface area contributed by atoms with E-state index in [1.165, 1.54) is 32.1 Å². The van der Waals surface area contributed by atoms with Crippen molar-refractivity contribution in [2.24, 2.45) is 0 Å². The molecule has 25 heavy (non-hydrogen) atoms. The maximum absolute atomic E-state index is 12.2. The molecular formula is C20H35NO3S. The molecule has 0 aliphatic carbocycles. The van der Waals surface area contributed by atoms with E-state index in [9.17, 15) is 13.5 Å². The normalized spacial score (nSPS) is 13.0. The van der Waals surface area contributed by atoms with Crippen molar-refractivity contribution in [1.82, 2.24) is 4.72 Å². The molecule has 0 amide bonds. The fourth-order valence-corrected chi connectivity index (χ4v) is 4.31. The van der Waals surface area contributed by atoms with Crippen molar-refractivity contribution in [2.45, 2.75) is 77.2 Å². The Morgan fingerprint density at radius 1 is 0.960 bits per heavy atom. The van der Waals surface area contributed by atoms with Crippen molar-refractivity contribution in [2.75, 3.05) is 12.4 Å². The molecule has 0 aliphatic heterocycles. The topological polar surface area (TPSA) is 66.4 Å². The molecule has 0 saturated carbocycles. The van der Waals surface area contributed by atoms with Gasteiger partial charge in [0.15, 0.2) is 0 Å². The van der Waals surface area contributed by atoms with E-state index in [4.69, 9.17) is 0 Å². The van der Waals surface area contributed by atoms with Crippen molar-refractivity contribution in [3.63, 3.8) is 0 Å². The second-order valence-electron chi connectivity index (χ2n) is 6.82. The van der Waals surface area contributed by atoms with E-state index in [2.05, 4.69) is 11.6 Å². The number of benzene rings is 1. The summed E-state index contributed by atoms with van der Waals surface area (Å²) in [5, 5.41) is 9.45. The summed E-state index contributed by atoms with van der Waals surface area (Å²) in [7, 11) is -3.31. The maximum Gasteiger partial charge on any atom is 0.211 e. The molecule has 5 heteroatoms. The van der Waals surface area contributed by atoms with Crippen LogP contribution in [0.25, 0.3) is 0 Å². The summed E-state index contributed by atoms with van der Waals surface area (Å²) in [5.41, 5.74) is 1.16. The van der Waals surface area contributed by atoms with Crippen LogP contribution in [0.3, 0.4) is 0 Å². The summed E-state index contributed by atoms with van der Waals surface area (Å²) in [6.45, 7) is 2.04. The van der Waals surface area contributed by atoms with Gasteiger partial charge in [-0.15, -0.1) is 0 Å². The summed E-state index contributed by atoms with van der Waals surface area (Å²) in [6.07, 6.45) is 10.4. The molecule has 0 spiro atoms. The smallest absolute Gasteiger partial charge is 0.211 e. The maximum atomic E-state index is 12.2. The number of hydrogen-bond acceptors (Lipinski definition) is 3. The van der Waals surface area contributed by atoms with Crippen molar-refractivity contribution in [3.8, 4) is 0 Å². The van der Waals surface area contributed by atoms with Crippen LogP contribution >= 0.6 is 0 Å². The van der Waals surface area contributed by atoms with Gasteiger partial charge in [0.05, 0.1) is 12.4 Å². The summed E-state index contributed by atoms with van der Waals surface area (Å²) >= 11 is 0. The zero-order valence-corrected chi connectivity index (χ0v) is 16.4. The van der Waals surface area contributed by atoms with Crippen LogP contribution in [-0.4, -0.2) is 31.9 Å². The molecule has 144 valence electrons. The van der Waals surface area contributed by atoms with Gasteiger partial charge in [-0.2, -0.15) is 0 Å². The van der Waals surface area contributed by atoms with Crippen LogP contribution in [0.1, 0.15) is 70.3 Å². The summed E-state index contributed by atoms with van der Waals surface area (Å²) in [6, 6.07) is 9.52. The monoisotopic (exact) mass is 369 g/mol. The third-order valence-electron chi connectivity index (χ3n) is 4.46. The molecule has 0 radical (unpaired) electrons. The molecule has 1 rings (SSSR count). The fraction of sp³-hybridized carbons (Fsp3) is 0.700. The summed E-state index contributed by atoms with van der Waals surface area (Å²) in [5.74, 6) is 0.157. The predicted molar refractivity (Wildman–Crippen MR) is 105 cm³/mol. The minimum absolute atomic E-state index is 0.157. The van der Waals surface area contributed by atoms with Crippen LogP contribution in [0.5, 0.6) is 0 Å². The lowest BCUT2D eigenvalue weighted by Crippen LogP contribution is -2.39. The SMILES string of the molecule is CCCCCCCCCCS(=O)(=O)NC(CO)CCc1ccccc1. The zero-order chi connectivity index (χ0) is 18.4. The number of rotatable bonds is 15. The van der Waals surface area contributed by atoms with Crippen LogP contribution in [-0.2, 0) is 16.4 Å². The van der Waals surface area contributed by atoms with Crippen molar-refractivity contribution >= 4 is 10.0 Å². The molecule has 1 aromatic rings. The van der Waals surface area contributed by atoms with Crippen LogP contribution in [0.15, 0.2) is 30.3 Å². The van der Waals surface area contributed by atoms with Crippen molar-refractivity contribution < 1.29 is 13.5 Å². The van der Waals surface area contributed by atoms with Crippen LogP contribution in [0.2, 0.25) is 0 Å². The molecule has 0 heterocycles. The fourth-order valence-electron chi connectivity index (χ4n) is 2.91. The first-order valence-electron chi connectivity index (χ1n) is 9.72. The molecule has 0 aliphatic rings. The molecule has 0 bridgehead atoms. The predicted octanol–water partition coefficient (Wildman–Crippen LogP) is 4.04. The quantitative estimate of drug-likeness (QED) is 0.459. The number of aliphatic hydroxyl groups is 1. The molecule has 4 nitrogen and oxygen atoms in total. The Morgan fingerprint density at radius 3 is 2.16 bits per heavy atom. The second-order valence-corrected chi connectivity index (χ2v) is 8.69. The van der Waals surface area contributed by atoms with Crippen molar-refractivity contribution in [3.05, 3.63) is 35.9 Å². The highest BCUT2D eigenvalue weighted by Crippen LogP contribution is 2.10. The van der Waals surface area contributed by atoms with Gasteiger partial charge in [0.1, 0.15) is 0 Å². The minimum atomic E-state index is -3.31. The van der Waals surface area contributed by atoms with Gasteiger partial charge in [-0.1, -0.05) is 82.2 Å². The Labute approximate surface area is 154 Å². The Bertz CT molecular complexity index is 531. The Hall–Kier alpha value is -0.910. The average molecular weight is 370 g/mol. The average Bonchev–Trinajstić information content (AvgIpc) is 2.61. The van der Waals surface area contributed by atoms with Gasteiger partial charge in [-0.05, 0) is 24.8 Å². The standard InChI is InChI=1S/C20H35NO3S/c1-2-3-4-5-6-7-8-12-17-25(23,24)21-20(18-22)16-15-19-13-10-9-11-14-19/h9-11,13-14,20-22H,2-8,12,15-18H2,1H3. The lowest BCUT2D eigenvalue weighted by atomic mass is 10.1. The largest absolute Gasteiger partial charge is 0.395 e. The van der Waals surface area contributed by atoms with E-state index in [0.717, 1.165) is 24.8 Å².